The Balaban J connectivity index is 1.58. The predicted molar refractivity (Wildman–Crippen MR) is 104 cm³/mol. The van der Waals surface area contributed by atoms with Crippen molar-refractivity contribution in [2.75, 3.05) is 0 Å². The molecule has 148 valence electrons. The standard InChI is InChI=1S/C18H14ClN5O5/c19-14-3-1-2-4-16(14)28-11-23-10-9-15(21-23)18(25)29-22-17(20)12-5-7-13(8-6-12)24(26)27/h1-10H,11H2,(H2,20,22). The molecule has 29 heavy (non-hydrogen) atoms. The maximum absolute atomic E-state index is 12.1. The number of halogens is 1. The third kappa shape index (κ3) is 5.08. The third-order valence-corrected chi connectivity index (χ3v) is 3.95. The number of rotatable bonds is 7. The Labute approximate surface area is 169 Å². The Hall–Kier alpha value is -3.92. The molecule has 2 N–H and O–H groups in total. The van der Waals surface area contributed by atoms with Gasteiger partial charge in [-0.1, -0.05) is 28.9 Å². The molecule has 0 unspecified atom stereocenters. The number of nitro groups is 1. The van der Waals surface area contributed by atoms with Crippen molar-refractivity contribution in [3.8, 4) is 5.75 Å². The number of nitro benzene ring substituents is 1. The van der Waals surface area contributed by atoms with E-state index < -0.39 is 10.9 Å². The van der Waals surface area contributed by atoms with Gasteiger partial charge in [0, 0.05) is 23.9 Å². The fraction of sp³-hybridized carbons (Fsp3) is 0.0556. The van der Waals surface area contributed by atoms with Crippen molar-refractivity contribution >= 4 is 29.1 Å². The molecular weight excluding hydrogens is 402 g/mol. The molecule has 0 spiro atoms. The van der Waals surface area contributed by atoms with Crippen LogP contribution in [0.1, 0.15) is 16.1 Å². The van der Waals surface area contributed by atoms with Gasteiger partial charge in [0.1, 0.15) is 5.75 Å². The molecule has 3 rings (SSSR count). The minimum atomic E-state index is -0.827. The van der Waals surface area contributed by atoms with Crippen LogP contribution >= 0.6 is 11.6 Å². The number of carbonyl (C=O) groups excluding carboxylic acids is 1. The van der Waals surface area contributed by atoms with Gasteiger partial charge in [-0.25, -0.2) is 9.48 Å². The van der Waals surface area contributed by atoms with Crippen LogP contribution in [0.25, 0.3) is 0 Å². The molecule has 0 radical (unpaired) electrons. The van der Waals surface area contributed by atoms with Gasteiger partial charge in [-0.2, -0.15) is 5.10 Å². The quantitative estimate of drug-likeness (QED) is 0.206. The number of para-hydroxylation sites is 1. The summed E-state index contributed by atoms with van der Waals surface area (Å²) in [5.74, 6) is -0.463. The molecule has 10 nitrogen and oxygen atoms in total. The van der Waals surface area contributed by atoms with E-state index in [1.165, 1.54) is 41.2 Å². The number of aromatic nitrogens is 2. The number of benzene rings is 2. The summed E-state index contributed by atoms with van der Waals surface area (Å²) in [4.78, 5) is 26.9. The van der Waals surface area contributed by atoms with Crippen molar-refractivity contribution in [3.63, 3.8) is 0 Å². The molecular formula is C18H14ClN5O5. The van der Waals surface area contributed by atoms with Gasteiger partial charge in [0.2, 0.25) is 0 Å². The number of hydrogen-bond donors (Lipinski definition) is 1. The lowest BCUT2D eigenvalue weighted by atomic mass is 10.2. The first-order valence-corrected chi connectivity index (χ1v) is 8.52. The van der Waals surface area contributed by atoms with E-state index in [2.05, 4.69) is 10.3 Å². The molecule has 0 saturated heterocycles. The number of nitrogens with zero attached hydrogens (tertiary/aromatic N) is 4. The molecule has 0 aliphatic carbocycles. The zero-order chi connectivity index (χ0) is 20.8. The molecule has 0 atom stereocenters. The summed E-state index contributed by atoms with van der Waals surface area (Å²) in [6.07, 6.45) is 1.52. The summed E-state index contributed by atoms with van der Waals surface area (Å²) in [6.45, 7) is 0.0330. The molecule has 0 bridgehead atoms. The Kier molecular flexibility index (Phi) is 6.05. The first-order valence-electron chi connectivity index (χ1n) is 8.14. The Bertz CT molecular complexity index is 1060. The SMILES string of the molecule is N/C(=N\OC(=O)c1ccn(COc2ccccc2Cl)n1)c1ccc([N+](=O)[O-])cc1. The lowest BCUT2D eigenvalue weighted by molar-refractivity contribution is -0.384. The second-order valence-electron chi connectivity index (χ2n) is 5.60. The number of carbonyl (C=O) groups is 1. The summed E-state index contributed by atoms with van der Waals surface area (Å²) in [6, 6.07) is 13.7. The molecule has 1 aromatic heterocycles. The van der Waals surface area contributed by atoms with E-state index >= 15 is 0 Å². The lowest BCUT2D eigenvalue weighted by Gasteiger charge is -2.07. The van der Waals surface area contributed by atoms with E-state index in [0.29, 0.717) is 16.3 Å². The molecule has 11 heteroatoms. The molecule has 0 saturated carbocycles. The Morgan fingerprint density at radius 2 is 1.93 bits per heavy atom. The third-order valence-electron chi connectivity index (χ3n) is 3.64. The van der Waals surface area contributed by atoms with Crippen molar-refractivity contribution in [1.29, 1.82) is 0 Å². The van der Waals surface area contributed by atoms with Crippen LogP contribution in [-0.2, 0) is 11.6 Å². The van der Waals surface area contributed by atoms with E-state index in [-0.39, 0.29) is 23.9 Å². The highest BCUT2D eigenvalue weighted by Crippen LogP contribution is 2.23. The van der Waals surface area contributed by atoms with Crippen LogP contribution in [0.5, 0.6) is 5.75 Å². The topological polar surface area (TPSA) is 135 Å². The molecule has 0 aliphatic rings. The number of amidine groups is 1. The smallest absolute Gasteiger partial charge is 0.385 e. The molecule has 0 amide bonds. The van der Waals surface area contributed by atoms with Crippen LogP contribution < -0.4 is 10.5 Å². The number of hydrogen-bond acceptors (Lipinski definition) is 7. The van der Waals surface area contributed by atoms with Crippen LogP contribution in [-0.4, -0.2) is 26.5 Å². The maximum atomic E-state index is 12.1. The van der Waals surface area contributed by atoms with E-state index in [9.17, 15) is 14.9 Å². The van der Waals surface area contributed by atoms with Crippen LogP contribution in [0.3, 0.4) is 0 Å². The number of nitrogens with two attached hydrogens (primary N) is 1. The number of non-ortho nitro benzene ring substituents is 1. The zero-order valence-corrected chi connectivity index (χ0v) is 15.5. The predicted octanol–water partition coefficient (Wildman–Crippen LogP) is 2.96. The van der Waals surface area contributed by atoms with E-state index in [4.69, 9.17) is 26.9 Å². The van der Waals surface area contributed by atoms with Crippen molar-refractivity contribution < 1.29 is 19.3 Å². The second-order valence-corrected chi connectivity index (χ2v) is 6.01. The summed E-state index contributed by atoms with van der Waals surface area (Å²) in [5.41, 5.74) is 5.99. The number of ether oxygens (including phenoxy) is 1. The van der Waals surface area contributed by atoms with Crippen LogP contribution in [0.15, 0.2) is 65.9 Å². The fourth-order valence-electron chi connectivity index (χ4n) is 2.18. The van der Waals surface area contributed by atoms with Crippen LogP contribution in [0.4, 0.5) is 5.69 Å². The van der Waals surface area contributed by atoms with Gasteiger partial charge in [0.25, 0.3) is 5.69 Å². The summed E-state index contributed by atoms with van der Waals surface area (Å²) >= 11 is 6.00. The summed E-state index contributed by atoms with van der Waals surface area (Å²) < 4.78 is 6.90. The first-order chi connectivity index (χ1) is 13.9. The minimum Gasteiger partial charge on any atom is -0.470 e. The van der Waals surface area contributed by atoms with Gasteiger partial charge >= 0.3 is 5.97 Å². The molecule has 0 aliphatic heterocycles. The Morgan fingerprint density at radius 3 is 2.62 bits per heavy atom. The number of oxime groups is 1. The van der Waals surface area contributed by atoms with Crippen molar-refractivity contribution in [2.24, 2.45) is 10.9 Å². The van der Waals surface area contributed by atoms with E-state index in [1.54, 1.807) is 24.3 Å². The highest BCUT2D eigenvalue weighted by atomic mass is 35.5. The van der Waals surface area contributed by atoms with E-state index in [0.717, 1.165) is 0 Å². The molecule has 2 aromatic carbocycles. The van der Waals surface area contributed by atoms with Gasteiger partial charge in [-0.05, 0) is 30.3 Å². The molecule has 1 heterocycles. The van der Waals surface area contributed by atoms with Gasteiger partial charge in [0.05, 0.1) is 9.95 Å². The van der Waals surface area contributed by atoms with Crippen LogP contribution in [0, 0.1) is 10.1 Å². The van der Waals surface area contributed by atoms with Gasteiger partial charge in [-0.3, -0.25) is 10.1 Å². The average Bonchev–Trinajstić information content (AvgIpc) is 3.20. The monoisotopic (exact) mass is 415 g/mol. The molecule has 0 fully saturated rings. The highest BCUT2D eigenvalue weighted by Gasteiger charge is 2.13. The second kappa shape index (κ2) is 8.85. The van der Waals surface area contributed by atoms with E-state index in [1.807, 2.05) is 0 Å². The highest BCUT2D eigenvalue weighted by molar-refractivity contribution is 6.32. The fourth-order valence-corrected chi connectivity index (χ4v) is 2.37. The van der Waals surface area contributed by atoms with Gasteiger partial charge in [0.15, 0.2) is 18.3 Å². The minimum absolute atomic E-state index is 0.00647. The normalized spacial score (nSPS) is 11.1. The average molecular weight is 416 g/mol. The van der Waals surface area contributed by atoms with Crippen molar-refractivity contribution in [2.45, 2.75) is 6.73 Å². The van der Waals surface area contributed by atoms with Crippen molar-refractivity contribution in [3.05, 3.63) is 87.2 Å². The Morgan fingerprint density at radius 1 is 1.21 bits per heavy atom. The summed E-state index contributed by atoms with van der Waals surface area (Å²) in [7, 11) is 0. The zero-order valence-electron chi connectivity index (χ0n) is 14.8. The lowest BCUT2D eigenvalue weighted by Crippen LogP contribution is -2.15. The van der Waals surface area contributed by atoms with Crippen LogP contribution in [0.2, 0.25) is 5.02 Å². The van der Waals surface area contributed by atoms with Gasteiger partial charge < -0.3 is 15.3 Å². The van der Waals surface area contributed by atoms with Gasteiger partial charge in [-0.15, -0.1) is 0 Å². The van der Waals surface area contributed by atoms with Crippen molar-refractivity contribution in [1.82, 2.24) is 9.78 Å². The molecule has 3 aromatic rings. The largest absolute Gasteiger partial charge is 0.470 e. The maximum Gasteiger partial charge on any atom is 0.385 e. The summed E-state index contributed by atoms with van der Waals surface area (Å²) in [5, 5.41) is 18.7. The first kappa shape index (κ1) is 19.8.